The maximum atomic E-state index is 12.8. The van der Waals surface area contributed by atoms with Gasteiger partial charge >= 0.3 is 23.9 Å². The number of hydrogen-bond acceptors (Lipinski definition) is 14. The van der Waals surface area contributed by atoms with E-state index in [2.05, 4.69) is 20.4 Å². The number of esters is 2. The van der Waals surface area contributed by atoms with Crippen LogP contribution in [0, 0.1) is 13.8 Å². The van der Waals surface area contributed by atoms with Gasteiger partial charge in [-0.25, -0.2) is 36.2 Å². The standard InChI is InChI=1S/C26H28N2O12S2/c1-15-5-3-7-17(13-15)41(33,34)25-27-19(23(31)37-25)9-11-21(29)39-40-22(30)12-10-20-24(32)38-26(28-20)42(35,36)18-8-4-6-16(2)14-18/h3-8,13-14,19-20,25-28H,9-12H2,1-2H3/t19-,20-,25?,26?/m0/s1. The minimum atomic E-state index is -4.04. The monoisotopic (exact) mass is 624 g/mol. The molecule has 0 amide bonds. The van der Waals surface area contributed by atoms with Crippen molar-refractivity contribution in [3.05, 3.63) is 59.7 Å². The van der Waals surface area contributed by atoms with Gasteiger partial charge in [-0.3, -0.25) is 20.2 Å². The average molecular weight is 625 g/mol. The van der Waals surface area contributed by atoms with E-state index >= 15 is 0 Å². The Labute approximate surface area is 241 Å². The molecule has 2 heterocycles. The van der Waals surface area contributed by atoms with E-state index in [0.29, 0.717) is 11.1 Å². The Morgan fingerprint density at radius 2 is 1.10 bits per heavy atom. The van der Waals surface area contributed by atoms with Crippen molar-refractivity contribution in [2.75, 3.05) is 0 Å². The zero-order valence-corrected chi connectivity index (χ0v) is 24.1. The number of hydrogen-bond donors (Lipinski definition) is 2. The average Bonchev–Trinajstić information content (AvgIpc) is 3.52. The molecule has 0 saturated carbocycles. The van der Waals surface area contributed by atoms with Gasteiger partial charge in [-0.05, 0) is 62.1 Å². The van der Waals surface area contributed by atoms with Crippen molar-refractivity contribution in [2.24, 2.45) is 0 Å². The molecule has 2 aliphatic rings. The molecule has 2 unspecified atom stereocenters. The predicted molar refractivity (Wildman–Crippen MR) is 141 cm³/mol. The number of benzene rings is 2. The van der Waals surface area contributed by atoms with Gasteiger partial charge < -0.3 is 9.47 Å². The fourth-order valence-electron chi connectivity index (χ4n) is 4.15. The molecular weight excluding hydrogens is 596 g/mol. The van der Waals surface area contributed by atoms with Crippen molar-refractivity contribution in [1.82, 2.24) is 10.6 Å². The normalized spacial score (nSPS) is 22.3. The summed E-state index contributed by atoms with van der Waals surface area (Å²) in [5.74, 6) is -3.80. The van der Waals surface area contributed by atoms with Gasteiger partial charge in [0, 0.05) is 0 Å². The smallest absolute Gasteiger partial charge is 0.355 e. The van der Waals surface area contributed by atoms with Crippen LogP contribution in [-0.4, -0.2) is 63.9 Å². The van der Waals surface area contributed by atoms with E-state index in [1.54, 1.807) is 38.1 Å². The number of ether oxygens (including phenoxy) is 2. The molecule has 4 rings (SSSR count). The van der Waals surface area contributed by atoms with E-state index < -0.39 is 79.6 Å². The van der Waals surface area contributed by atoms with Crippen LogP contribution in [0.25, 0.3) is 0 Å². The van der Waals surface area contributed by atoms with E-state index in [1.807, 2.05) is 0 Å². The van der Waals surface area contributed by atoms with Gasteiger partial charge in [0.15, 0.2) is 0 Å². The highest BCUT2D eigenvalue weighted by molar-refractivity contribution is 7.92. The van der Waals surface area contributed by atoms with E-state index in [9.17, 15) is 36.0 Å². The molecule has 16 heteroatoms. The van der Waals surface area contributed by atoms with Crippen LogP contribution in [0.5, 0.6) is 0 Å². The summed E-state index contributed by atoms with van der Waals surface area (Å²) in [5, 5.41) is 5.07. The molecule has 0 aromatic heterocycles. The van der Waals surface area contributed by atoms with Crippen LogP contribution in [0.2, 0.25) is 0 Å². The second-order valence-corrected chi connectivity index (χ2v) is 13.7. The molecule has 226 valence electrons. The third-order valence-corrected chi connectivity index (χ3v) is 9.81. The first-order chi connectivity index (χ1) is 19.8. The molecule has 2 N–H and O–H groups in total. The van der Waals surface area contributed by atoms with Crippen LogP contribution >= 0.6 is 0 Å². The Morgan fingerprint density at radius 1 is 0.714 bits per heavy atom. The molecule has 0 bridgehead atoms. The van der Waals surface area contributed by atoms with Gasteiger partial charge in [-0.15, -0.1) is 0 Å². The Morgan fingerprint density at radius 3 is 1.45 bits per heavy atom. The van der Waals surface area contributed by atoms with Crippen LogP contribution in [0.1, 0.15) is 36.8 Å². The Bertz CT molecular complexity index is 1490. The number of cyclic esters (lactones) is 2. The first kappa shape index (κ1) is 31.1. The maximum absolute atomic E-state index is 12.8. The molecule has 0 spiro atoms. The Hall–Kier alpha value is -3.86. The summed E-state index contributed by atoms with van der Waals surface area (Å²) >= 11 is 0. The van der Waals surface area contributed by atoms with E-state index in [0.717, 1.165) is 0 Å². The quantitative estimate of drug-likeness (QED) is 0.213. The van der Waals surface area contributed by atoms with Crippen LogP contribution in [0.4, 0.5) is 0 Å². The molecule has 4 atom stereocenters. The third-order valence-electron chi connectivity index (χ3n) is 6.39. The van der Waals surface area contributed by atoms with Crippen molar-refractivity contribution in [1.29, 1.82) is 0 Å². The van der Waals surface area contributed by atoms with Crippen molar-refractivity contribution < 1.29 is 55.3 Å². The van der Waals surface area contributed by atoms with Gasteiger partial charge in [-0.1, -0.05) is 24.3 Å². The van der Waals surface area contributed by atoms with Crippen molar-refractivity contribution in [3.63, 3.8) is 0 Å². The molecule has 2 aromatic rings. The zero-order chi connectivity index (χ0) is 30.7. The molecule has 14 nitrogen and oxygen atoms in total. The van der Waals surface area contributed by atoms with Crippen molar-refractivity contribution in [3.8, 4) is 0 Å². The lowest BCUT2D eigenvalue weighted by atomic mass is 10.2. The van der Waals surface area contributed by atoms with E-state index in [4.69, 9.17) is 9.47 Å². The number of carbonyl (C=O) groups is 4. The van der Waals surface area contributed by atoms with Gasteiger partial charge in [0.1, 0.15) is 12.1 Å². The number of aryl methyl sites for hydroxylation is 2. The topological polar surface area (TPSA) is 198 Å². The second-order valence-electron chi connectivity index (χ2n) is 9.69. The molecule has 2 aromatic carbocycles. The van der Waals surface area contributed by atoms with Crippen LogP contribution < -0.4 is 10.6 Å². The number of rotatable bonds is 10. The molecule has 0 aliphatic carbocycles. The molecule has 2 aliphatic heterocycles. The van der Waals surface area contributed by atoms with Crippen molar-refractivity contribution >= 4 is 43.6 Å². The Balaban J connectivity index is 1.19. The molecule has 0 radical (unpaired) electrons. The van der Waals surface area contributed by atoms with Gasteiger partial charge in [-0.2, -0.15) is 0 Å². The lowest BCUT2D eigenvalue weighted by Crippen LogP contribution is -2.37. The minimum absolute atomic E-state index is 0.0377. The predicted octanol–water partition coefficient (Wildman–Crippen LogP) is 0.710. The van der Waals surface area contributed by atoms with Crippen LogP contribution in [-0.2, 0) is 58.1 Å². The van der Waals surface area contributed by atoms with E-state index in [-0.39, 0.29) is 22.6 Å². The van der Waals surface area contributed by atoms with Gasteiger partial charge in [0.2, 0.25) is 19.7 Å². The number of carbonyl (C=O) groups excluding carboxylic acids is 4. The Kier molecular flexibility index (Phi) is 9.30. The molecular formula is C26H28N2O12S2. The summed E-state index contributed by atoms with van der Waals surface area (Å²) in [6.45, 7) is 3.42. The summed E-state index contributed by atoms with van der Waals surface area (Å²) in [6, 6.07) is 9.89. The first-order valence-corrected chi connectivity index (χ1v) is 15.8. The van der Waals surface area contributed by atoms with Crippen molar-refractivity contribution in [2.45, 2.75) is 72.5 Å². The van der Waals surface area contributed by atoms with E-state index in [1.165, 1.54) is 24.3 Å². The lowest BCUT2D eigenvalue weighted by molar-refractivity contribution is -0.259. The minimum Gasteiger partial charge on any atom is -0.430 e. The SMILES string of the molecule is Cc1cccc(S(=O)(=O)C2N[C@@H](CCC(=O)OOC(=O)CC[C@@H]3NC(S(=O)(=O)c4cccc(C)c4)OC3=O)C(=O)O2)c1. The summed E-state index contributed by atoms with van der Waals surface area (Å²) in [5.41, 5.74) is -1.87. The van der Waals surface area contributed by atoms with Gasteiger partial charge in [0.25, 0.3) is 11.1 Å². The second kappa shape index (κ2) is 12.6. The summed E-state index contributed by atoms with van der Waals surface area (Å²) in [7, 11) is -8.09. The zero-order valence-electron chi connectivity index (χ0n) is 22.5. The summed E-state index contributed by atoms with van der Waals surface area (Å²) in [6.07, 6.45) is -1.26. The molecule has 2 saturated heterocycles. The molecule has 2 fully saturated rings. The van der Waals surface area contributed by atoms with Gasteiger partial charge in [0.05, 0.1) is 22.6 Å². The largest absolute Gasteiger partial charge is 0.430 e. The van der Waals surface area contributed by atoms with Crippen LogP contribution in [0.3, 0.4) is 0 Å². The maximum Gasteiger partial charge on any atom is 0.355 e. The fourth-order valence-corrected chi connectivity index (χ4v) is 7.01. The molecule has 42 heavy (non-hydrogen) atoms. The highest BCUT2D eigenvalue weighted by Crippen LogP contribution is 2.24. The summed E-state index contributed by atoms with van der Waals surface area (Å²) in [4.78, 5) is 57.2. The third kappa shape index (κ3) is 7.13. The number of sulfone groups is 2. The van der Waals surface area contributed by atoms with Crippen LogP contribution in [0.15, 0.2) is 58.3 Å². The highest BCUT2D eigenvalue weighted by Gasteiger charge is 2.43. The highest BCUT2D eigenvalue weighted by atomic mass is 32.2. The number of nitrogens with one attached hydrogen (secondary N) is 2. The fraction of sp³-hybridized carbons (Fsp3) is 0.385. The first-order valence-electron chi connectivity index (χ1n) is 12.7. The summed E-state index contributed by atoms with van der Waals surface area (Å²) < 4.78 is 61.0. The lowest BCUT2D eigenvalue weighted by Gasteiger charge is -2.12.